The quantitative estimate of drug-likeness (QED) is 0.394. The second-order valence-electron chi connectivity index (χ2n) is 12.8. The zero-order chi connectivity index (χ0) is 23.4. The summed E-state index contributed by atoms with van der Waals surface area (Å²) in [6.07, 6.45) is 8.09. The molecule has 31 heavy (non-hydrogen) atoms. The van der Waals surface area contributed by atoms with Crippen LogP contribution in [0, 0.1) is 28.1 Å². The Labute approximate surface area is 198 Å². The highest BCUT2D eigenvalue weighted by Gasteiger charge is 2.45. The molecule has 0 aliphatic carbocycles. The molecular formula is C29H62N2. The average molecular weight is 439 g/mol. The number of piperidine rings is 2. The summed E-state index contributed by atoms with van der Waals surface area (Å²) in [4.78, 5) is 5.33. The van der Waals surface area contributed by atoms with Crippen molar-refractivity contribution < 1.29 is 0 Å². The summed E-state index contributed by atoms with van der Waals surface area (Å²) in [6.45, 7) is 31.6. The predicted molar refractivity (Wildman–Crippen MR) is 143 cm³/mol. The van der Waals surface area contributed by atoms with E-state index in [1.807, 2.05) is 13.8 Å². The van der Waals surface area contributed by atoms with Gasteiger partial charge in [0.15, 0.2) is 0 Å². The van der Waals surface area contributed by atoms with E-state index in [1.165, 1.54) is 64.7 Å². The first-order valence-electron chi connectivity index (χ1n) is 13.2. The van der Waals surface area contributed by atoms with Crippen LogP contribution in [0.25, 0.3) is 0 Å². The van der Waals surface area contributed by atoms with Gasteiger partial charge < -0.3 is 4.90 Å². The Kier molecular flexibility index (Phi) is 11.8. The summed E-state index contributed by atoms with van der Waals surface area (Å²) in [5.41, 5.74) is 1.59. The molecule has 0 bridgehead atoms. The van der Waals surface area contributed by atoms with Gasteiger partial charge in [-0.25, -0.2) is 0 Å². The third-order valence-corrected chi connectivity index (χ3v) is 9.71. The van der Waals surface area contributed by atoms with Crippen molar-refractivity contribution in [2.75, 3.05) is 33.2 Å². The highest BCUT2D eigenvalue weighted by Crippen LogP contribution is 2.51. The molecule has 0 N–H and O–H groups in total. The first-order valence-corrected chi connectivity index (χ1v) is 13.2. The number of rotatable bonds is 7. The molecule has 2 heterocycles. The Morgan fingerprint density at radius 3 is 1.55 bits per heavy atom. The van der Waals surface area contributed by atoms with Crippen LogP contribution in [0.15, 0.2) is 0 Å². The van der Waals surface area contributed by atoms with E-state index in [0.29, 0.717) is 21.8 Å². The summed E-state index contributed by atoms with van der Waals surface area (Å²) in [6, 6.07) is 0. The smallest absolute Gasteiger partial charge is 0.0158 e. The molecule has 2 aliphatic heterocycles. The van der Waals surface area contributed by atoms with Gasteiger partial charge in [-0.05, 0) is 107 Å². The lowest BCUT2D eigenvalue weighted by atomic mass is 9.58. The Hall–Kier alpha value is -0.0800. The van der Waals surface area contributed by atoms with Gasteiger partial charge in [-0.1, -0.05) is 76.2 Å². The van der Waals surface area contributed by atoms with E-state index < -0.39 is 0 Å². The van der Waals surface area contributed by atoms with Gasteiger partial charge >= 0.3 is 0 Å². The summed E-state index contributed by atoms with van der Waals surface area (Å²) >= 11 is 0. The van der Waals surface area contributed by atoms with Gasteiger partial charge in [0.1, 0.15) is 0 Å². The molecule has 0 atom stereocenters. The lowest BCUT2D eigenvalue weighted by Gasteiger charge is -2.53. The third-order valence-electron chi connectivity index (χ3n) is 9.71. The number of likely N-dealkylation sites (tertiary alicyclic amines) is 2. The van der Waals surface area contributed by atoms with Crippen LogP contribution in [0.2, 0.25) is 0 Å². The second-order valence-corrected chi connectivity index (χ2v) is 12.8. The Balaban J connectivity index is 0.00000291. The van der Waals surface area contributed by atoms with Crippen molar-refractivity contribution in [1.82, 2.24) is 9.80 Å². The molecule has 0 aromatic heterocycles. The van der Waals surface area contributed by atoms with Crippen LogP contribution >= 0.6 is 0 Å². The fraction of sp³-hybridized carbons (Fsp3) is 1.00. The van der Waals surface area contributed by atoms with E-state index >= 15 is 0 Å². The molecule has 0 aromatic rings. The van der Waals surface area contributed by atoms with Crippen LogP contribution in [0.5, 0.6) is 0 Å². The molecule has 2 fully saturated rings. The molecule has 2 rings (SSSR count). The lowest BCUT2D eigenvalue weighted by Crippen LogP contribution is -2.53. The van der Waals surface area contributed by atoms with E-state index in [0.717, 1.165) is 11.8 Å². The molecule has 0 radical (unpaired) electrons. The first-order chi connectivity index (χ1) is 13.7. The van der Waals surface area contributed by atoms with Gasteiger partial charge in [0.05, 0.1) is 0 Å². The minimum Gasteiger partial charge on any atom is -0.306 e. The molecule has 0 spiro atoms. The molecule has 2 aliphatic rings. The zero-order valence-electron chi connectivity index (χ0n) is 23.1. The first kappa shape index (κ1) is 30.9. The summed E-state index contributed by atoms with van der Waals surface area (Å²) in [5.74, 6) is 1.74. The van der Waals surface area contributed by atoms with E-state index in [-0.39, 0.29) is 7.43 Å². The van der Waals surface area contributed by atoms with Crippen molar-refractivity contribution in [2.24, 2.45) is 28.1 Å². The van der Waals surface area contributed by atoms with Crippen LogP contribution < -0.4 is 0 Å². The molecule has 0 saturated carbocycles. The molecule has 0 unspecified atom stereocenters. The highest BCUT2D eigenvalue weighted by molar-refractivity contribution is 4.97. The Morgan fingerprint density at radius 2 is 1.13 bits per heavy atom. The van der Waals surface area contributed by atoms with Crippen LogP contribution in [0.4, 0.5) is 0 Å². The van der Waals surface area contributed by atoms with Gasteiger partial charge in [0, 0.05) is 5.54 Å². The van der Waals surface area contributed by atoms with Gasteiger partial charge in [0.25, 0.3) is 0 Å². The molecule has 0 amide bonds. The normalized spacial score (nSPS) is 21.3. The predicted octanol–water partition coefficient (Wildman–Crippen LogP) is 8.36. The Morgan fingerprint density at radius 1 is 0.710 bits per heavy atom. The maximum Gasteiger partial charge on any atom is 0.0158 e. The minimum absolute atomic E-state index is 0. The molecular weight excluding hydrogens is 376 g/mol. The molecule has 2 heteroatoms. The minimum atomic E-state index is 0. The molecule has 2 nitrogen and oxygen atoms in total. The third kappa shape index (κ3) is 7.46. The largest absolute Gasteiger partial charge is 0.306 e. The van der Waals surface area contributed by atoms with Crippen molar-refractivity contribution >= 4 is 0 Å². The van der Waals surface area contributed by atoms with Crippen LogP contribution in [0.3, 0.4) is 0 Å². The van der Waals surface area contributed by atoms with E-state index in [9.17, 15) is 0 Å². The molecule has 0 aromatic carbocycles. The average Bonchev–Trinajstić information content (AvgIpc) is 2.69. The number of hydrogen-bond donors (Lipinski definition) is 0. The fourth-order valence-corrected chi connectivity index (χ4v) is 6.38. The van der Waals surface area contributed by atoms with Crippen molar-refractivity contribution in [3.05, 3.63) is 0 Å². The lowest BCUT2D eigenvalue weighted by molar-refractivity contribution is -0.0346. The maximum absolute atomic E-state index is 2.83. The molecule has 2 saturated heterocycles. The summed E-state index contributed by atoms with van der Waals surface area (Å²) in [7, 11) is 2.28. The SMILES string of the molecule is C.CC.CCC(C)(C)C(C)(C)C1CCN(C(C)(C)CC(C)(C)C2CCN(C)CC2)CC1. The Bertz CT molecular complexity index is 487. The number of nitrogens with zero attached hydrogens (tertiary/aromatic N) is 2. The zero-order valence-corrected chi connectivity index (χ0v) is 23.1. The van der Waals surface area contributed by atoms with Crippen molar-refractivity contribution in [3.63, 3.8) is 0 Å². The van der Waals surface area contributed by atoms with Gasteiger partial charge in [-0.3, -0.25) is 4.90 Å². The summed E-state index contributed by atoms with van der Waals surface area (Å²) < 4.78 is 0. The maximum atomic E-state index is 2.83. The van der Waals surface area contributed by atoms with Crippen LogP contribution in [0.1, 0.15) is 122 Å². The standard InChI is InChI=1S/C26H52N2.C2H6.CH4/c1-11-24(4,5)26(8,9)22-14-18-28(19-15-22)25(6,7)20-23(2,3)21-12-16-27(10)17-13-21;1-2;/h21-22H,11-20H2,1-10H3;1-2H3;1H4. The van der Waals surface area contributed by atoms with Crippen LogP contribution in [-0.4, -0.2) is 48.6 Å². The molecule has 188 valence electrons. The van der Waals surface area contributed by atoms with Crippen molar-refractivity contribution in [3.8, 4) is 0 Å². The van der Waals surface area contributed by atoms with E-state index in [2.05, 4.69) is 79.2 Å². The van der Waals surface area contributed by atoms with Gasteiger partial charge in [-0.15, -0.1) is 0 Å². The number of hydrogen-bond acceptors (Lipinski definition) is 2. The fourth-order valence-electron chi connectivity index (χ4n) is 6.38. The van der Waals surface area contributed by atoms with Gasteiger partial charge in [0.2, 0.25) is 0 Å². The monoisotopic (exact) mass is 438 g/mol. The topological polar surface area (TPSA) is 6.48 Å². The highest BCUT2D eigenvalue weighted by atomic mass is 15.2. The second kappa shape index (κ2) is 11.9. The van der Waals surface area contributed by atoms with Crippen molar-refractivity contribution in [1.29, 1.82) is 0 Å². The van der Waals surface area contributed by atoms with E-state index in [1.54, 1.807) is 0 Å². The summed E-state index contributed by atoms with van der Waals surface area (Å²) in [5, 5.41) is 0. The van der Waals surface area contributed by atoms with Crippen molar-refractivity contribution in [2.45, 2.75) is 128 Å². The van der Waals surface area contributed by atoms with Crippen LogP contribution in [-0.2, 0) is 0 Å². The van der Waals surface area contributed by atoms with Gasteiger partial charge in [-0.2, -0.15) is 0 Å². The van der Waals surface area contributed by atoms with E-state index in [4.69, 9.17) is 0 Å².